The van der Waals surface area contributed by atoms with Gasteiger partial charge in [-0.2, -0.15) is 0 Å². The van der Waals surface area contributed by atoms with Crippen LogP contribution in [0, 0.1) is 6.92 Å². The van der Waals surface area contributed by atoms with Gasteiger partial charge in [-0.3, -0.25) is 9.69 Å². The number of benzene rings is 2. The largest absolute Gasteiger partial charge is 0.490 e. The van der Waals surface area contributed by atoms with Crippen LogP contribution < -0.4 is 14.2 Å². The fourth-order valence-corrected chi connectivity index (χ4v) is 4.35. The van der Waals surface area contributed by atoms with Gasteiger partial charge in [0.15, 0.2) is 11.5 Å². The predicted octanol–water partition coefficient (Wildman–Crippen LogP) is 5.99. The summed E-state index contributed by atoms with van der Waals surface area (Å²) in [7, 11) is 1.65. The van der Waals surface area contributed by atoms with Gasteiger partial charge in [0.1, 0.15) is 23.3 Å². The van der Waals surface area contributed by atoms with E-state index in [1.807, 2.05) is 26.0 Å². The first kappa shape index (κ1) is 23.7. The van der Waals surface area contributed by atoms with E-state index in [1.54, 1.807) is 31.3 Å². The molecule has 0 aromatic heterocycles. The number of rotatable bonds is 8. The highest BCUT2D eigenvalue weighted by Gasteiger charge is 2.28. The molecular formula is C22H21Cl2NO4S2. The Morgan fingerprint density at radius 2 is 1.84 bits per heavy atom. The molecule has 1 aliphatic rings. The molecule has 1 fully saturated rings. The van der Waals surface area contributed by atoms with E-state index in [2.05, 4.69) is 0 Å². The molecule has 3 rings (SSSR count). The molecule has 2 aromatic carbocycles. The van der Waals surface area contributed by atoms with Gasteiger partial charge in [-0.15, -0.1) is 0 Å². The summed E-state index contributed by atoms with van der Waals surface area (Å²) in [6.07, 6.45) is 1.74. The number of thiocarbonyl (C=S) groups is 1. The summed E-state index contributed by atoms with van der Waals surface area (Å²) in [5, 5.41) is 1.07. The number of carbonyl (C=O) groups excluding carboxylic acids is 1. The maximum absolute atomic E-state index is 12.3. The van der Waals surface area contributed by atoms with E-state index >= 15 is 0 Å². The molecule has 164 valence electrons. The summed E-state index contributed by atoms with van der Waals surface area (Å²) in [5.74, 6) is 1.50. The van der Waals surface area contributed by atoms with Gasteiger partial charge in [-0.25, -0.2) is 0 Å². The molecule has 0 aliphatic carbocycles. The monoisotopic (exact) mass is 497 g/mol. The molecule has 0 saturated carbocycles. The summed E-state index contributed by atoms with van der Waals surface area (Å²) < 4.78 is 17.8. The highest BCUT2D eigenvalue weighted by Crippen LogP contribution is 2.39. The van der Waals surface area contributed by atoms with E-state index < -0.39 is 0 Å². The Balaban J connectivity index is 1.71. The minimum absolute atomic E-state index is 0.140. The third-order valence-corrected chi connectivity index (χ3v) is 6.53. The number of nitrogens with zero attached hydrogens (tertiary/aromatic N) is 1. The molecule has 0 spiro atoms. The summed E-state index contributed by atoms with van der Waals surface area (Å²) >= 11 is 18.9. The zero-order valence-electron chi connectivity index (χ0n) is 17.2. The fourth-order valence-electron chi connectivity index (χ4n) is 2.78. The van der Waals surface area contributed by atoms with Crippen LogP contribution >= 0.6 is 47.2 Å². The molecule has 1 saturated heterocycles. The second-order valence-electron chi connectivity index (χ2n) is 6.61. The van der Waals surface area contributed by atoms with Crippen LogP contribution in [0.4, 0.5) is 0 Å². The van der Waals surface area contributed by atoms with Crippen LogP contribution in [0.5, 0.6) is 17.2 Å². The van der Waals surface area contributed by atoms with Gasteiger partial charge in [0.25, 0.3) is 5.91 Å². The van der Waals surface area contributed by atoms with Crippen LogP contribution in [0.25, 0.3) is 6.08 Å². The lowest BCUT2D eigenvalue weighted by Gasteiger charge is -2.15. The molecule has 0 atom stereocenters. The molecule has 1 amide bonds. The van der Waals surface area contributed by atoms with Crippen molar-refractivity contribution in [1.29, 1.82) is 0 Å². The minimum atomic E-state index is -0.140. The van der Waals surface area contributed by atoms with Crippen LogP contribution in [-0.4, -0.2) is 42.0 Å². The van der Waals surface area contributed by atoms with Gasteiger partial charge in [0, 0.05) is 12.1 Å². The Labute approximate surface area is 201 Å². The van der Waals surface area contributed by atoms with E-state index in [0.29, 0.717) is 49.7 Å². The number of likely N-dealkylation sites (N-methyl/N-ethyl adjacent to an activating group) is 1. The van der Waals surface area contributed by atoms with Crippen molar-refractivity contribution in [2.45, 2.75) is 13.8 Å². The Morgan fingerprint density at radius 3 is 2.48 bits per heavy atom. The van der Waals surface area contributed by atoms with E-state index in [4.69, 9.17) is 49.6 Å². The summed E-state index contributed by atoms with van der Waals surface area (Å²) in [6, 6.07) is 8.99. The second kappa shape index (κ2) is 10.6. The van der Waals surface area contributed by atoms with Crippen molar-refractivity contribution in [3.63, 3.8) is 0 Å². The molecular weight excluding hydrogens is 477 g/mol. The minimum Gasteiger partial charge on any atom is -0.490 e. The van der Waals surface area contributed by atoms with Gasteiger partial charge < -0.3 is 14.2 Å². The van der Waals surface area contributed by atoms with Crippen LogP contribution in [-0.2, 0) is 4.79 Å². The van der Waals surface area contributed by atoms with Crippen LogP contribution in [0.3, 0.4) is 0 Å². The van der Waals surface area contributed by atoms with Crippen molar-refractivity contribution in [3.05, 3.63) is 56.4 Å². The predicted molar refractivity (Wildman–Crippen MR) is 131 cm³/mol. The molecule has 1 heterocycles. The number of amides is 1. The Bertz CT molecular complexity index is 1040. The first-order chi connectivity index (χ1) is 14.8. The quantitative estimate of drug-likeness (QED) is 0.253. The summed E-state index contributed by atoms with van der Waals surface area (Å²) in [6.45, 7) is 4.82. The Hall–Kier alpha value is -1.93. The van der Waals surface area contributed by atoms with Crippen molar-refractivity contribution in [2.24, 2.45) is 0 Å². The molecule has 0 bridgehead atoms. The molecule has 5 nitrogen and oxygen atoms in total. The highest BCUT2D eigenvalue weighted by molar-refractivity contribution is 8.26. The molecule has 2 aromatic rings. The van der Waals surface area contributed by atoms with Crippen molar-refractivity contribution in [2.75, 3.05) is 26.9 Å². The molecule has 1 aliphatic heterocycles. The number of halogens is 2. The third-order valence-electron chi connectivity index (χ3n) is 4.34. The van der Waals surface area contributed by atoms with Crippen molar-refractivity contribution < 1.29 is 19.0 Å². The van der Waals surface area contributed by atoms with Crippen molar-refractivity contribution >= 4 is 63.5 Å². The lowest BCUT2D eigenvalue weighted by atomic mass is 10.1. The van der Waals surface area contributed by atoms with Gasteiger partial charge in [-0.05, 0) is 61.4 Å². The summed E-state index contributed by atoms with van der Waals surface area (Å²) in [4.78, 5) is 14.2. The van der Waals surface area contributed by atoms with Gasteiger partial charge >= 0.3 is 0 Å². The molecule has 31 heavy (non-hydrogen) atoms. The average molecular weight is 498 g/mol. The number of hydrogen-bond donors (Lipinski definition) is 0. The lowest BCUT2D eigenvalue weighted by molar-refractivity contribution is -0.121. The lowest BCUT2D eigenvalue weighted by Crippen LogP contribution is -2.22. The topological polar surface area (TPSA) is 48.0 Å². The first-order valence-electron chi connectivity index (χ1n) is 9.49. The Morgan fingerprint density at radius 1 is 1.10 bits per heavy atom. The normalized spacial score (nSPS) is 15.0. The SMILES string of the molecule is CCOc1cc(C=C2SC(=S)N(C)C2=O)cc(Cl)c1OCCOc1ccc(Cl)c(C)c1. The Kier molecular flexibility index (Phi) is 8.11. The smallest absolute Gasteiger partial charge is 0.265 e. The number of ether oxygens (including phenoxy) is 3. The van der Waals surface area contributed by atoms with Gasteiger partial charge in [0.05, 0.1) is 16.5 Å². The zero-order chi connectivity index (χ0) is 22.5. The van der Waals surface area contributed by atoms with E-state index in [-0.39, 0.29) is 12.5 Å². The third kappa shape index (κ3) is 5.86. The fraction of sp³-hybridized carbons (Fsp3) is 0.273. The number of carbonyl (C=O) groups is 1. The van der Waals surface area contributed by atoms with Crippen molar-refractivity contribution in [1.82, 2.24) is 4.90 Å². The van der Waals surface area contributed by atoms with E-state index in [0.717, 1.165) is 11.1 Å². The van der Waals surface area contributed by atoms with Crippen molar-refractivity contribution in [3.8, 4) is 17.2 Å². The van der Waals surface area contributed by atoms with Gasteiger partial charge in [-0.1, -0.05) is 47.2 Å². The molecule has 9 heteroatoms. The molecule has 0 N–H and O–H groups in total. The first-order valence-corrected chi connectivity index (χ1v) is 11.5. The zero-order valence-corrected chi connectivity index (χ0v) is 20.4. The highest BCUT2D eigenvalue weighted by atomic mass is 35.5. The molecule has 0 radical (unpaired) electrons. The maximum atomic E-state index is 12.3. The molecule has 0 unspecified atom stereocenters. The van der Waals surface area contributed by atoms with Gasteiger partial charge in [0.2, 0.25) is 0 Å². The van der Waals surface area contributed by atoms with E-state index in [1.165, 1.54) is 16.7 Å². The number of thioether (sulfide) groups is 1. The van der Waals surface area contributed by atoms with E-state index in [9.17, 15) is 4.79 Å². The second-order valence-corrected chi connectivity index (χ2v) is 9.10. The summed E-state index contributed by atoms with van der Waals surface area (Å²) in [5.41, 5.74) is 1.67. The number of aryl methyl sites for hydroxylation is 1. The van der Waals surface area contributed by atoms with Crippen LogP contribution in [0.1, 0.15) is 18.1 Å². The van der Waals surface area contributed by atoms with Crippen LogP contribution in [0.15, 0.2) is 35.2 Å². The van der Waals surface area contributed by atoms with Crippen LogP contribution in [0.2, 0.25) is 10.0 Å². The average Bonchev–Trinajstić information content (AvgIpc) is 2.96. The standard InChI is InChI=1S/C22H21Cl2NO4S2/c1-4-27-18-11-14(12-19-21(26)25(3)22(30)31-19)10-17(24)20(18)29-8-7-28-15-5-6-16(23)13(2)9-15/h5-6,9-12H,4,7-8H2,1-3H3. The number of hydrogen-bond acceptors (Lipinski definition) is 6. The maximum Gasteiger partial charge on any atom is 0.265 e.